The minimum atomic E-state index is -2.53. The molecule has 0 radical (unpaired) electrons. The lowest BCUT2D eigenvalue weighted by Gasteiger charge is -2.26. The summed E-state index contributed by atoms with van der Waals surface area (Å²) >= 11 is 0. The summed E-state index contributed by atoms with van der Waals surface area (Å²) in [7, 11) is 1.40. The highest BCUT2D eigenvalue weighted by molar-refractivity contribution is 6.00. The average Bonchev–Trinajstić information content (AvgIpc) is 2.80. The van der Waals surface area contributed by atoms with Gasteiger partial charge < -0.3 is 25.2 Å². The van der Waals surface area contributed by atoms with Gasteiger partial charge in [0, 0.05) is 5.56 Å². The van der Waals surface area contributed by atoms with Gasteiger partial charge >= 0.3 is 0 Å². The van der Waals surface area contributed by atoms with Gasteiger partial charge in [0.15, 0.2) is 17.3 Å². The van der Waals surface area contributed by atoms with E-state index >= 15 is 4.39 Å². The zero-order valence-electron chi connectivity index (χ0n) is 18.2. The van der Waals surface area contributed by atoms with Gasteiger partial charge in [-0.1, -0.05) is 43.7 Å². The number of ketones is 1. The van der Waals surface area contributed by atoms with Gasteiger partial charge in [0.25, 0.3) is 0 Å². The molecule has 0 amide bonds. The molecule has 4 N–H and O–H groups in total. The van der Waals surface area contributed by atoms with Crippen LogP contribution in [0.15, 0.2) is 48.6 Å². The Hall–Kier alpha value is -3.16. The van der Waals surface area contributed by atoms with Crippen molar-refractivity contribution >= 4 is 17.9 Å². The first-order valence-electron chi connectivity index (χ1n) is 10.3. The molecule has 6 nitrogen and oxygen atoms in total. The van der Waals surface area contributed by atoms with Crippen LogP contribution in [0.3, 0.4) is 0 Å². The lowest BCUT2D eigenvalue weighted by atomic mass is 9.87. The molecular formula is C25H29FO6. The predicted octanol–water partition coefficient (Wildman–Crippen LogP) is 4.15. The van der Waals surface area contributed by atoms with Crippen LogP contribution in [0, 0.1) is 0 Å². The van der Waals surface area contributed by atoms with Crippen molar-refractivity contribution in [1.82, 2.24) is 0 Å². The van der Waals surface area contributed by atoms with Crippen molar-refractivity contribution in [3.05, 3.63) is 65.2 Å². The molecule has 2 rings (SSSR count). The number of carbonyl (C=O) groups is 1. The Morgan fingerprint density at radius 1 is 1.12 bits per heavy atom. The monoisotopic (exact) mass is 444 g/mol. The van der Waals surface area contributed by atoms with Gasteiger partial charge in [0.05, 0.1) is 13.7 Å². The van der Waals surface area contributed by atoms with E-state index in [1.54, 1.807) is 6.07 Å². The zero-order chi connectivity index (χ0) is 23.7. The highest BCUT2D eigenvalue weighted by Gasteiger charge is 2.42. The van der Waals surface area contributed by atoms with Crippen molar-refractivity contribution in [3.8, 4) is 17.2 Å². The molecule has 0 aliphatic rings. The van der Waals surface area contributed by atoms with Crippen LogP contribution in [0.25, 0.3) is 12.2 Å². The molecule has 2 aromatic rings. The summed E-state index contributed by atoms with van der Waals surface area (Å²) in [4.78, 5) is 12.8. The number of hydrogen-bond donors (Lipinski definition) is 4. The number of ether oxygens (including phenoxy) is 1. The Labute approximate surface area is 186 Å². The first-order chi connectivity index (χ1) is 15.2. The lowest BCUT2D eigenvalue weighted by Crippen LogP contribution is -2.43. The molecule has 0 spiro atoms. The second kappa shape index (κ2) is 11.5. The summed E-state index contributed by atoms with van der Waals surface area (Å²) in [5.41, 5.74) is -1.19. The molecule has 0 aromatic heterocycles. The van der Waals surface area contributed by atoms with Crippen LogP contribution in [0.1, 0.15) is 42.9 Å². The van der Waals surface area contributed by atoms with Gasteiger partial charge in [0.2, 0.25) is 5.67 Å². The first kappa shape index (κ1) is 25.1. The number of alkyl halides is 1. The summed E-state index contributed by atoms with van der Waals surface area (Å²) in [6, 6.07) is 8.89. The fourth-order valence-electron chi connectivity index (χ4n) is 3.15. The number of rotatable bonds is 11. The van der Waals surface area contributed by atoms with E-state index in [0.717, 1.165) is 6.08 Å². The van der Waals surface area contributed by atoms with Crippen molar-refractivity contribution in [2.24, 2.45) is 0 Å². The molecule has 0 saturated carbocycles. The van der Waals surface area contributed by atoms with Gasteiger partial charge in [-0.3, -0.25) is 4.79 Å². The van der Waals surface area contributed by atoms with Gasteiger partial charge in [-0.2, -0.15) is 0 Å². The van der Waals surface area contributed by atoms with Gasteiger partial charge in [-0.25, -0.2) is 4.39 Å². The summed E-state index contributed by atoms with van der Waals surface area (Å²) in [5, 5.41) is 39.1. The Balaban J connectivity index is 2.25. The van der Waals surface area contributed by atoms with Crippen molar-refractivity contribution in [1.29, 1.82) is 0 Å². The van der Waals surface area contributed by atoms with Crippen LogP contribution in [0.4, 0.5) is 4.39 Å². The van der Waals surface area contributed by atoms with Crippen LogP contribution in [-0.4, -0.2) is 45.1 Å². The molecule has 32 heavy (non-hydrogen) atoms. The van der Waals surface area contributed by atoms with Crippen LogP contribution in [0.5, 0.6) is 17.2 Å². The van der Waals surface area contributed by atoms with Crippen molar-refractivity contribution < 1.29 is 34.3 Å². The van der Waals surface area contributed by atoms with Crippen molar-refractivity contribution in [2.75, 3.05) is 7.11 Å². The first-order valence-corrected chi connectivity index (χ1v) is 10.3. The molecule has 2 unspecified atom stereocenters. The molecule has 172 valence electrons. The Bertz CT molecular complexity index is 984. The molecular weight excluding hydrogens is 415 g/mol. The lowest BCUT2D eigenvalue weighted by molar-refractivity contribution is -0.131. The summed E-state index contributed by atoms with van der Waals surface area (Å²) in [6.45, 7) is 1.48. The van der Waals surface area contributed by atoms with E-state index in [9.17, 15) is 25.2 Å². The number of aliphatic hydroxyl groups is 2. The summed E-state index contributed by atoms with van der Waals surface area (Å²) in [5.74, 6) is -0.781. The van der Waals surface area contributed by atoms with Crippen LogP contribution >= 0.6 is 0 Å². The summed E-state index contributed by atoms with van der Waals surface area (Å²) < 4.78 is 20.8. The van der Waals surface area contributed by atoms with Gasteiger partial charge in [-0.05, 0) is 54.3 Å². The third kappa shape index (κ3) is 6.18. The number of phenolic OH excluding ortho intramolecular Hbond substituents is 1. The number of aliphatic hydroxyl groups excluding tert-OH is 2. The fraction of sp³-hybridized carbons (Fsp3) is 0.320. The Morgan fingerprint density at radius 2 is 1.78 bits per heavy atom. The largest absolute Gasteiger partial charge is 0.508 e. The minimum absolute atomic E-state index is 0.0492. The van der Waals surface area contributed by atoms with Gasteiger partial charge in [0.1, 0.15) is 11.9 Å². The molecule has 0 aliphatic heterocycles. The molecule has 7 heteroatoms. The molecule has 0 fully saturated rings. The maximum absolute atomic E-state index is 15.7. The Kier molecular flexibility index (Phi) is 8.99. The molecule has 2 atom stereocenters. The number of benzene rings is 2. The standard InChI is InChI=1S/C25H29FO6/c1-3-4-13-25(26,23(30)11-7-17-5-9-20(28)19(14-17)16-27)24(31)12-8-18-6-10-21(29)22(15-18)32-2/h5-12,14-15,24,27-29,31H,3-4,13,16H2,1-2H3/b11-7+,12-8+. The zero-order valence-corrected chi connectivity index (χ0v) is 18.2. The number of allylic oxidation sites excluding steroid dienone is 1. The number of hydrogen-bond acceptors (Lipinski definition) is 6. The molecule has 0 bridgehead atoms. The van der Waals surface area contributed by atoms with Crippen molar-refractivity contribution in [3.63, 3.8) is 0 Å². The van der Waals surface area contributed by atoms with Gasteiger partial charge in [-0.15, -0.1) is 0 Å². The van der Waals surface area contributed by atoms with E-state index in [4.69, 9.17) is 4.74 Å². The van der Waals surface area contributed by atoms with E-state index < -0.39 is 17.6 Å². The number of carbonyl (C=O) groups excluding carboxylic acids is 1. The molecule has 0 heterocycles. The third-order valence-electron chi connectivity index (χ3n) is 5.15. The van der Waals surface area contributed by atoms with Crippen LogP contribution in [0.2, 0.25) is 0 Å². The van der Waals surface area contributed by atoms with E-state index in [-0.39, 0.29) is 35.8 Å². The van der Waals surface area contributed by atoms with E-state index in [0.29, 0.717) is 24.0 Å². The number of aromatic hydroxyl groups is 2. The minimum Gasteiger partial charge on any atom is -0.508 e. The van der Waals surface area contributed by atoms with Crippen molar-refractivity contribution in [2.45, 2.75) is 44.6 Å². The second-order valence-electron chi connectivity index (χ2n) is 7.45. The normalized spacial score (nSPS) is 14.5. The summed E-state index contributed by atoms with van der Waals surface area (Å²) in [6.07, 6.45) is 4.29. The highest BCUT2D eigenvalue weighted by atomic mass is 19.1. The maximum Gasteiger partial charge on any atom is 0.201 e. The Morgan fingerprint density at radius 3 is 2.41 bits per heavy atom. The number of halogens is 1. The molecule has 0 saturated heterocycles. The number of unbranched alkanes of at least 4 members (excludes halogenated alkanes) is 1. The maximum atomic E-state index is 15.7. The van der Waals surface area contributed by atoms with Crippen LogP contribution < -0.4 is 4.74 Å². The quantitative estimate of drug-likeness (QED) is 0.388. The molecule has 0 aliphatic carbocycles. The predicted molar refractivity (Wildman–Crippen MR) is 121 cm³/mol. The fourth-order valence-corrected chi connectivity index (χ4v) is 3.15. The number of methoxy groups -OCH3 is 1. The average molecular weight is 444 g/mol. The van der Waals surface area contributed by atoms with E-state index in [2.05, 4.69) is 0 Å². The second-order valence-corrected chi connectivity index (χ2v) is 7.45. The van der Waals surface area contributed by atoms with Crippen LogP contribution in [-0.2, 0) is 11.4 Å². The third-order valence-corrected chi connectivity index (χ3v) is 5.15. The number of phenols is 2. The molecule has 2 aromatic carbocycles. The van der Waals surface area contributed by atoms with E-state index in [1.807, 2.05) is 6.92 Å². The topological polar surface area (TPSA) is 107 Å². The van der Waals surface area contributed by atoms with E-state index in [1.165, 1.54) is 55.7 Å². The SMILES string of the molecule is CCCCC(F)(C(=O)/C=C/c1ccc(O)c(CO)c1)C(O)/C=C/c1ccc(O)c(OC)c1. The highest BCUT2D eigenvalue weighted by Crippen LogP contribution is 2.30. The smallest absolute Gasteiger partial charge is 0.201 e.